The molecule has 4 aromatic rings. The monoisotopic (exact) mass is 458 g/mol. The minimum atomic E-state index is -0.112. The number of thiophene rings is 2. The fourth-order valence-electron chi connectivity index (χ4n) is 3.03. The molecule has 154 valence electrons. The molecule has 3 aromatic heterocycles. The van der Waals surface area contributed by atoms with E-state index < -0.39 is 0 Å². The maximum Gasteiger partial charge on any atom is 0.263 e. The number of carbonyl (C=O) groups is 1. The van der Waals surface area contributed by atoms with Crippen molar-refractivity contribution in [3.8, 4) is 21.9 Å². The van der Waals surface area contributed by atoms with E-state index in [2.05, 4.69) is 4.98 Å². The third-order valence-corrected chi connectivity index (χ3v) is 7.41. The van der Waals surface area contributed by atoms with Crippen LogP contribution >= 0.6 is 34.4 Å². The molecule has 0 aliphatic heterocycles. The molecule has 0 N–H and O–H groups in total. The van der Waals surface area contributed by atoms with Crippen molar-refractivity contribution in [2.75, 3.05) is 20.0 Å². The second kappa shape index (κ2) is 8.63. The first-order chi connectivity index (χ1) is 14.5. The molecule has 0 saturated carbocycles. The highest BCUT2D eigenvalue weighted by atomic mass is 32.2. The second-order valence-corrected chi connectivity index (χ2v) is 9.09. The Bertz CT molecular complexity index is 1280. The zero-order valence-electron chi connectivity index (χ0n) is 16.5. The van der Waals surface area contributed by atoms with E-state index in [0.29, 0.717) is 32.4 Å². The van der Waals surface area contributed by atoms with Crippen LogP contribution < -0.4 is 15.0 Å². The number of fused-ring (bicyclic) bond motifs is 1. The number of carbonyl (C=O) groups excluding carboxylic acids is 1. The fraction of sp³-hybridized carbons (Fsp3) is 0.190. The summed E-state index contributed by atoms with van der Waals surface area (Å²) >= 11 is 4.27. The summed E-state index contributed by atoms with van der Waals surface area (Å²) in [5, 5.41) is 5.08. The number of aromatic nitrogens is 2. The SMILES string of the molecule is COc1ccc(C(=O)CSc2nc3scc(-c4cccs4)c3c(=O)n2C)c(OC)c1. The fourth-order valence-corrected chi connectivity index (χ4v) is 5.69. The van der Waals surface area contributed by atoms with Gasteiger partial charge in [0.05, 0.1) is 30.9 Å². The lowest BCUT2D eigenvalue weighted by atomic mass is 10.1. The number of ketones is 1. The Morgan fingerprint density at radius 2 is 2.03 bits per heavy atom. The topological polar surface area (TPSA) is 70.4 Å². The molecule has 9 heteroatoms. The largest absolute Gasteiger partial charge is 0.497 e. The second-order valence-electron chi connectivity index (χ2n) is 6.34. The summed E-state index contributed by atoms with van der Waals surface area (Å²) in [6.45, 7) is 0. The van der Waals surface area contributed by atoms with Crippen molar-refractivity contribution in [3.63, 3.8) is 0 Å². The zero-order valence-corrected chi connectivity index (χ0v) is 19.0. The van der Waals surface area contributed by atoms with Crippen LogP contribution in [0.1, 0.15) is 10.4 Å². The first-order valence-corrected chi connectivity index (χ1v) is 11.7. The van der Waals surface area contributed by atoms with Gasteiger partial charge in [0.15, 0.2) is 10.9 Å². The summed E-state index contributed by atoms with van der Waals surface area (Å²) in [5.74, 6) is 1.10. The van der Waals surface area contributed by atoms with Gasteiger partial charge in [-0.3, -0.25) is 14.2 Å². The summed E-state index contributed by atoms with van der Waals surface area (Å²) in [4.78, 5) is 32.1. The van der Waals surface area contributed by atoms with Crippen LogP contribution in [0.15, 0.2) is 51.0 Å². The van der Waals surface area contributed by atoms with Crippen LogP contribution in [0.25, 0.3) is 20.7 Å². The van der Waals surface area contributed by atoms with Gasteiger partial charge in [0, 0.05) is 28.9 Å². The molecule has 4 rings (SSSR count). The summed E-state index contributed by atoms with van der Waals surface area (Å²) in [6.07, 6.45) is 0. The van der Waals surface area contributed by atoms with Gasteiger partial charge >= 0.3 is 0 Å². The maximum atomic E-state index is 13.0. The molecular weight excluding hydrogens is 440 g/mol. The molecule has 0 unspecified atom stereocenters. The number of benzene rings is 1. The van der Waals surface area contributed by atoms with E-state index in [1.165, 1.54) is 34.8 Å². The van der Waals surface area contributed by atoms with Gasteiger partial charge in [0.2, 0.25) is 0 Å². The number of nitrogens with zero attached hydrogens (tertiary/aromatic N) is 2. The molecule has 0 fully saturated rings. The highest BCUT2D eigenvalue weighted by Crippen LogP contribution is 2.34. The van der Waals surface area contributed by atoms with Gasteiger partial charge in [-0.1, -0.05) is 17.8 Å². The Morgan fingerprint density at radius 1 is 1.20 bits per heavy atom. The number of ether oxygens (including phenoxy) is 2. The van der Waals surface area contributed by atoms with Crippen LogP contribution in [-0.2, 0) is 7.05 Å². The Kier molecular flexibility index (Phi) is 5.94. The van der Waals surface area contributed by atoms with Crippen LogP contribution in [0.3, 0.4) is 0 Å². The Labute approximate surface area is 185 Å². The molecule has 0 aliphatic carbocycles. The molecule has 0 aliphatic rings. The van der Waals surface area contributed by atoms with Crippen LogP contribution in [0.5, 0.6) is 11.5 Å². The predicted molar refractivity (Wildman–Crippen MR) is 123 cm³/mol. The van der Waals surface area contributed by atoms with E-state index in [-0.39, 0.29) is 17.1 Å². The standard InChI is InChI=1S/C21H18N2O4S3/c1-23-20(25)18-14(17-5-4-8-28-17)10-29-19(18)22-21(23)30-11-15(24)13-7-6-12(26-2)9-16(13)27-3/h4-10H,11H2,1-3H3. The van der Waals surface area contributed by atoms with E-state index in [1.54, 1.807) is 43.7 Å². The van der Waals surface area contributed by atoms with Crippen molar-refractivity contribution < 1.29 is 14.3 Å². The molecule has 0 saturated heterocycles. The van der Waals surface area contributed by atoms with E-state index in [1.807, 2.05) is 22.9 Å². The first-order valence-electron chi connectivity index (χ1n) is 8.93. The molecule has 3 heterocycles. The van der Waals surface area contributed by atoms with Gasteiger partial charge in [-0.2, -0.15) is 0 Å². The van der Waals surface area contributed by atoms with E-state index in [9.17, 15) is 9.59 Å². The van der Waals surface area contributed by atoms with E-state index >= 15 is 0 Å². The molecule has 0 amide bonds. The summed E-state index contributed by atoms with van der Waals surface area (Å²) in [7, 11) is 4.76. The predicted octanol–water partition coefficient (Wildman–Crippen LogP) is 4.72. The van der Waals surface area contributed by atoms with E-state index in [0.717, 1.165) is 10.4 Å². The van der Waals surface area contributed by atoms with Gasteiger partial charge in [-0.25, -0.2) is 4.98 Å². The highest BCUT2D eigenvalue weighted by Gasteiger charge is 2.18. The first kappa shape index (κ1) is 20.6. The molecule has 1 aromatic carbocycles. The lowest BCUT2D eigenvalue weighted by Crippen LogP contribution is -2.20. The van der Waals surface area contributed by atoms with Crippen molar-refractivity contribution in [1.29, 1.82) is 0 Å². The van der Waals surface area contributed by atoms with Crippen molar-refractivity contribution in [3.05, 3.63) is 57.0 Å². The Morgan fingerprint density at radius 3 is 2.73 bits per heavy atom. The van der Waals surface area contributed by atoms with Gasteiger partial charge in [0.25, 0.3) is 5.56 Å². The average Bonchev–Trinajstić information content (AvgIpc) is 3.44. The highest BCUT2D eigenvalue weighted by molar-refractivity contribution is 7.99. The number of Topliss-reactive ketones (excluding diaryl/α,β-unsaturated/α-hetero) is 1. The third-order valence-electron chi connectivity index (χ3n) is 4.60. The van der Waals surface area contributed by atoms with Gasteiger partial charge in [-0.05, 0) is 23.6 Å². The van der Waals surface area contributed by atoms with Gasteiger partial charge in [-0.15, -0.1) is 22.7 Å². The Hall–Kier alpha value is -2.62. The third kappa shape index (κ3) is 3.76. The van der Waals surface area contributed by atoms with Crippen LogP contribution in [0.4, 0.5) is 0 Å². The van der Waals surface area contributed by atoms with Crippen molar-refractivity contribution >= 4 is 50.4 Å². The van der Waals surface area contributed by atoms with Crippen LogP contribution in [0.2, 0.25) is 0 Å². The molecule has 30 heavy (non-hydrogen) atoms. The van der Waals surface area contributed by atoms with Crippen molar-refractivity contribution in [2.45, 2.75) is 5.16 Å². The van der Waals surface area contributed by atoms with E-state index in [4.69, 9.17) is 9.47 Å². The number of hydrogen-bond donors (Lipinski definition) is 0. The quantitative estimate of drug-likeness (QED) is 0.227. The lowest BCUT2D eigenvalue weighted by Gasteiger charge is -2.10. The van der Waals surface area contributed by atoms with Crippen LogP contribution in [-0.4, -0.2) is 35.3 Å². The minimum Gasteiger partial charge on any atom is -0.497 e. The number of methoxy groups -OCH3 is 2. The van der Waals surface area contributed by atoms with Crippen LogP contribution in [0, 0.1) is 0 Å². The molecule has 0 radical (unpaired) electrons. The number of hydrogen-bond acceptors (Lipinski definition) is 8. The normalized spacial score (nSPS) is 11.0. The number of rotatable bonds is 7. The van der Waals surface area contributed by atoms with Gasteiger partial charge < -0.3 is 9.47 Å². The Balaban J connectivity index is 1.61. The average molecular weight is 459 g/mol. The van der Waals surface area contributed by atoms with Crippen molar-refractivity contribution in [1.82, 2.24) is 9.55 Å². The summed E-state index contributed by atoms with van der Waals surface area (Å²) in [5.41, 5.74) is 1.27. The smallest absolute Gasteiger partial charge is 0.263 e. The molecule has 0 atom stereocenters. The van der Waals surface area contributed by atoms with Gasteiger partial charge in [0.1, 0.15) is 16.3 Å². The number of thioether (sulfide) groups is 1. The van der Waals surface area contributed by atoms with Crippen molar-refractivity contribution in [2.24, 2.45) is 7.05 Å². The maximum absolute atomic E-state index is 13.0. The molecule has 0 bridgehead atoms. The molecule has 0 spiro atoms. The summed E-state index contributed by atoms with van der Waals surface area (Å²) in [6, 6.07) is 9.04. The summed E-state index contributed by atoms with van der Waals surface area (Å²) < 4.78 is 12.0. The molecular formula is C21H18N2O4S3. The molecule has 6 nitrogen and oxygen atoms in total. The zero-order chi connectivity index (χ0) is 21.3. The lowest BCUT2D eigenvalue weighted by molar-refractivity contribution is 0.101. The minimum absolute atomic E-state index is 0.110.